The van der Waals surface area contributed by atoms with E-state index in [1.165, 1.54) is 12.5 Å². The first-order chi connectivity index (χ1) is 16.5. The summed E-state index contributed by atoms with van der Waals surface area (Å²) >= 11 is 9.92. The Kier molecular flexibility index (Phi) is 8.96. The number of nitrogens with zero attached hydrogens (tertiary/aromatic N) is 2. The normalized spacial score (nSPS) is 9.65. The number of nitrogens with one attached hydrogen (secondary N) is 4. The zero-order valence-corrected chi connectivity index (χ0v) is 19.1. The van der Waals surface area contributed by atoms with E-state index in [9.17, 15) is 9.59 Å². The third kappa shape index (κ3) is 7.93. The van der Waals surface area contributed by atoms with Gasteiger partial charge in [0.25, 0.3) is 11.8 Å². The second-order valence-corrected chi connectivity index (χ2v) is 7.02. The van der Waals surface area contributed by atoms with Crippen LogP contribution in [0.1, 0.15) is 21.1 Å². The second kappa shape index (κ2) is 12.6. The van der Waals surface area contributed by atoms with E-state index in [2.05, 4.69) is 31.2 Å². The maximum absolute atomic E-state index is 11.6. The molecule has 0 radical (unpaired) electrons. The van der Waals surface area contributed by atoms with Crippen LogP contribution >= 0.6 is 24.4 Å². The van der Waals surface area contributed by atoms with Gasteiger partial charge in [0.2, 0.25) is 0 Å². The molecule has 0 atom stereocenters. The number of carbonyl (C=O) groups is 2. The molecule has 4 aromatic rings. The van der Waals surface area contributed by atoms with Crippen molar-refractivity contribution < 1.29 is 18.4 Å². The van der Waals surface area contributed by atoms with Crippen molar-refractivity contribution in [3.05, 3.63) is 97.1 Å². The fourth-order valence-corrected chi connectivity index (χ4v) is 2.71. The van der Waals surface area contributed by atoms with Crippen LogP contribution in [0.5, 0.6) is 0 Å². The Hall–Kier alpha value is -4.42. The minimum atomic E-state index is -0.400. The molecular formula is C22H18N6O4S2. The van der Waals surface area contributed by atoms with Crippen LogP contribution in [0.2, 0.25) is 0 Å². The van der Waals surface area contributed by atoms with Crippen molar-refractivity contribution in [1.82, 2.24) is 20.6 Å². The van der Waals surface area contributed by atoms with Crippen LogP contribution in [-0.2, 0) is 0 Å². The van der Waals surface area contributed by atoms with Crippen molar-refractivity contribution in [2.75, 3.05) is 10.6 Å². The molecule has 10 nitrogen and oxygen atoms in total. The maximum atomic E-state index is 11.6. The van der Waals surface area contributed by atoms with Crippen LogP contribution in [0, 0.1) is 0 Å². The van der Waals surface area contributed by atoms with Gasteiger partial charge in [-0.1, -0.05) is 12.1 Å². The molecule has 0 spiro atoms. The molecule has 0 saturated carbocycles. The van der Waals surface area contributed by atoms with Crippen LogP contribution in [0.15, 0.2) is 94.4 Å². The molecule has 34 heavy (non-hydrogen) atoms. The zero-order valence-electron chi connectivity index (χ0n) is 17.4. The molecule has 0 bridgehead atoms. The van der Waals surface area contributed by atoms with Crippen molar-refractivity contribution in [2.24, 2.45) is 0 Å². The van der Waals surface area contributed by atoms with Crippen LogP contribution in [0.25, 0.3) is 0 Å². The highest BCUT2D eigenvalue weighted by Crippen LogP contribution is 2.03. The summed E-state index contributed by atoms with van der Waals surface area (Å²) < 4.78 is 9.86. The number of anilines is 2. The average Bonchev–Trinajstić information content (AvgIpc) is 3.55. The number of thiocarbonyl (C=S) groups is 2. The van der Waals surface area contributed by atoms with Crippen molar-refractivity contribution in [3.8, 4) is 0 Å². The first-order valence-electron chi connectivity index (χ1n) is 9.65. The Labute approximate surface area is 204 Å². The molecule has 0 unspecified atom stereocenters. The van der Waals surface area contributed by atoms with Gasteiger partial charge in [-0.3, -0.25) is 20.2 Å². The summed E-state index contributed by atoms with van der Waals surface area (Å²) in [6.07, 6.45) is 6.09. The molecule has 0 aliphatic rings. The third-order valence-electron chi connectivity index (χ3n) is 3.76. The van der Waals surface area contributed by atoms with E-state index in [0.29, 0.717) is 11.6 Å². The third-order valence-corrected chi connectivity index (χ3v) is 4.17. The number of rotatable bonds is 4. The van der Waals surface area contributed by atoms with Gasteiger partial charge in [0, 0.05) is 12.4 Å². The largest absolute Gasteiger partial charge is 0.459 e. The molecule has 172 valence electrons. The molecule has 4 N–H and O–H groups in total. The summed E-state index contributed by atoms with van der Waals surface area (Å²) in [6.45, 7) is 0. The predicted octanol–water partition coefficient (Wildman–Crippen LogP) is 3.60. The lowest BCUT2D eigenvalue weighted by atomic mass is 10.4. The minimum absolute atomic E-state index is 0.171. The molecule has 2 amide bonds. The fraction of sp³-hybridized carbons (Fsp3) is 0. The van der Waals surface area contributed by atoms with E-state index in [0.717, 1.165) is 0 Å². The average molecular weight is 495 g/mol. The lowest BCUT2D eigenvalue weighted by Gasteiger charge is -2.06. The SMILES string of the molecule is O=C(NC(=S)Nc1ccccn1)c1ccco1.O=C(NC(=S)Nc1ccccn1)c1ccco1. The lowest BCUT2D eigenvalue weighted by Crippen LogP contribution is -2.34. The number of hydrogen-bond donors (Lipinski definition) is 4. The standard InChI is InChI=1S/2C11H9N3O2S/c2*15-10(8-4-3-7-16-8)14-11(17)13-9-5-1-2-6-12-9/h2*1-7H,(H2,12,13,14,15,17). The molecule has 4 heterocycles. The van der Waals surface area contributed by atoms with E-state index in [1.54, 1.807) is 60.9 Å². The Balaban J connectivity index is 0.000000191. The second-order valence-electron chi connectivity index (χ2n) is 6.20. The van der Waals surface area contributed by atoms with Crippen molar-refractivity contribution in [3.63, 3.8) is 0 Å². The topological polar surface area (TPSA) is 134 Å². The molecule has 0 saturated heterocycles. The smallest absolute Gasteiger partial charge is 0.293 e. The quantitative estimate of drug-likeness (QED) is 0.312. The molecule has 0 fully saturated rings. The number of hydrogen-bond acceptors (Lipinski definition) is 8. The molecular weight excluding hydrogens is 476 g/mol. The molecule has 0 aromatic carbocycles. The first-order valence-corrected chi connectivity index (χ1v) is 10.5. The van der Waals surface area contributed by atoms with Crippen LogP contribution < -0.4 is 21.3 Å². The molecule has 4 aromatic heterocycles. The molecule has 0 aliphatic heterocycles. The summed E-state index contributed by atoms with van der Waals surface area (Å²) in [7, 11) is 0. The van der Waals surface area contributed by atoms with Gasteiger partial charge in [-0.05, 0) is 73.0 Å². The van der Waals surface area contributed by atoms with E-state index >= 15 is 0 Å². The summed E-state index contributed by atoms with van der Waals surface area (Å²) in [5, 5.41) is 10.9. The Bertz CT molecular complexity index is 1120. The number of furan rings is 2. The predicted molar refractivity (Wildman–Crippen MR) is 133 cm³/mol. The highest BCUT2D eigenvalue weighted by molar-refractivity contribution is 7.80. The number of carbonyl (C=O) groups excluding carboxylic acids is 2. The van der Waals surface area contributed by atoms with E-state index < -0.39 is 11.8 Å². The van der Waals surface area contributed by atoms with Crippen LogP contribution in [-0.4, -0.2) is 32.0 Å². The van der Waals surface area contributed by atoms with Crippen molar-refractivity contribution in [2.45, 2.75) is 0 Å². The fourth-order valence-electron chi connectivity index (χ4n) is 2.31. The number of amides is 2. The van der Waals surface area contributed by atoms with Crippen molar-refractivity contribution in [1.29, 1.82) is 0 Å². The molecule has 12 heteroatoms. The van der Waals surface area contributed by atoms with Gasteiger partial charge in [-0.2, -0.15) is 0 Å². The first kappa shape index (κ1) is 24.2. The highest BCUT2D eigenvalue weighted by Gasteiger charge is 2.11. The maximum Gasteiger partial charge on any atom is 0.293 e. The van der Waals surface area contributed by atoms with E-state index in [1.807, 2.05) is 12.1 Å². The molecule has 0 aliphatic carbocycles. The van der Waals surface area contributed by atoms with Gasteiger partial charge in [0.1, 0.15) is 11.6 Å². The lowest BCUT2D eigenvalue weighted by molar-refractivity contribution is 0.0943. The summed E-state index contributed by atoms with van der Waals surface area (Å²) in [6, 6.07) is 17.0. The van der Waals surface area contributed by atoms with Crippen LogP contribution in [0.3, 0.4) is 0 Å². The summed E-state index contributed by atoms with van der Waals surface area (Å²) in [5.41, 5.74) is 0. The van der Waals surface area contributed by atoms with Crippen LogP contribution in [0.4, 0.5) is 11.6 Å². The van der Waals surface area contributed by atoms with Gasteiger partial charge >= 0.3 is 0 Å². The Morgan fingerprint density at radius 3 is 1.41 bits per heavy atom. The monoisotopic (exact) mass is 494 g/mol. The van der Waals surface area contributed by atoms with Gasteiger partial charge in [-0.15, -0.1) is 0 Å². The summed E-state index contributed by atoms with van der Waals surface area (Å²) in [5.74, 6) is 0.742. The zero-order chi connectivity index (χ0) is 24.2. The Morgan fingerprint density at radius 1 is 0.647 bits per heavy atom. The Morgan fingerprint density at radius 2 is 1.09 bits per heavy atom. The van der Waals surface area contributed by atoms with Crippen molar-refractivity contribution >= 4 is 58.1 Å². The number of pyridine rings is 2. The number of aromatic nitrogens is 2. The van der Waals surface area contributed by atoms with Gasteiger partial charge in [-0.25, -0.2) is 9.97 Å². The van der Waals surface area contributed by atoms with Gasteiger partial charge < -0.3 is 19.5 Å². The van der Waals surface area contributed by atoms with E-state index in [4.69, 9.17) is 33.3 Å². The van der Waals surface area contributed by atoms with Gasteiger partial charge in [0.15, 0.2) is 21.7 Å². The van der Waals surface area contributed by atoms with E-state index in [-0.39, 0.29) is 21.7 Å². The van der Waals surface area contributed by atoms with Gasteiger partial charge in [0.05, 0.1) is 12.5 Å². The summed E-state index contributed by atoms with van der Waals surface area (Å²) in [4.78, 5) is 31.1. The molecule has 4 rings (SSSR count). The minimum Gasteiger partial charge on any atom is -0.459 e. The highest BCUT2D eigenvalue weighted by atomic mass is 32.1.